The molecule has 1 aliphatic heterocycles. The van der Waals surface area contributed by atoms with Gasteiger partial charge in [-0.1, -0.05) is 18.2 Å². The molecule has 144 valence electrons. The Hall–Kier alpha value is -2.73. The van der Waals surface area contributed by atoms with Crippen LogP contribution in [0.3, 0.4) is 0 Å². The Morgan fingerprint density at radius 3 is 2.59 bits per heavy atom. The van der Waals surface area contributed by atoms with Crippen LogP contribution in [-0.2, 0) is 11.2 Å². The fourth-order valence-electron chi connectivity index (χ4n) is 3.05. The number of carbonyl (C=O) groups is 1. The summed E-state index contributed by atoms with van der Waals surface area (Å²) in [6.07, 6.45) is 0.341. The highest BCUT2D eigenvalue weighted by Gasteiger charge is 2.20. The molecule has 0 spiro atoms. The lowest BCUT2D eigenvalue weighted by atomic mass is 10.0. The van der Waals surface area contributed by atoms with Crippen LogP contribution >= 0.6 is 0 Å². The number of benzene rings is 2. The summed E-state index contributed by atoms with van der Waals surface area (Å²) in [5, 5.41) is 3.03. The summed E-state index contributed by atoms with van der Waals surface area (Å²) in [6.45, 7) is 3.35. The molecule has 1 aliphatic rings. The van der Waals surface area contributed by atoms with E-state index in [4.69, 9.17) is 14.2 Å². The molecule has 3 rings (SSSR count). The van der Waals surface area contributed by atoms with E-state index in [2.05, 4.69) is 10.2 Å². The average molecular weight is 370 g/mol. The van der Waals surface area contributed by atoms with E-state index < -0.39 is 0 Å². The molecule has 0 saturated carbocycles. The lowest BCUT2D eigenvalue weighted by molar-refractivity contribution is -0.120. The Bertz CT molecular complexity index is 774. The first-order valence-corrected chi connectivity index (χ1v) is 9.11. The third kappa shape index (κ3) is 4.92. The molecule has 0 fully saturated rings. The van der Waals surface area contributed by atoms with Crippen molar-refractivity contribution in [3.8, 4) is 17.2 Å². The molecule has 1 heterocycles. The third-order valence-electron chi connectivity index (χ3n) is 4.50. The van der Waals surface area contributed by atoms with Crippen molar-refractivity contribution in [2.45, 2.75) is 19.4 Å². The minimum atomic E-state index is -0.00764. The van der Waals surface area contributed by atoms with E-state index in [0.29, 0.717) is 19.6 Å². The van der Waals surface area contributed by atoms with Crippen LogP contribution < -0.4 is 19.5 Å². The van der Waals surface area contributed by atoms with Gasteiger partial charge in [0.15, 0.2) is 11.5 Å². The van der Waals surface area contributed by atoms with Gasteiger partial charge in [-0.2, -0.15) is 0 Å². The Labute approximate surface area is 160 Å². The molecule has 1 atom stereocenters. The topological polar surface area (TPSA) is 60.0 Å². The highest BCUT2D eigenvalue weighted by Crippen LogP contribution is 2.34. The Morgan fingerprint density at radius 2 is 1.89 bits per heavy atom. The van der Waals surface area contributed by atoms with Gasteiger partial charge in [0.05, 0.1) is 19.1 Å². The number of hydrogen-bond acceptors (Lipinski definition) is 5. The molecule has 0 aliphatic carbocycles. The van der Waals surface area contributed by atoms with Gasteiger partial charge < -0.3 is 24.4 Å². The second kappa shape index (κ2) is 8.77. The standard InChI is InChI=1S/C21H26N2O4/c1-4-25-17-8-5-15(6-9-17)11-21(24)22-13-18(23(2)3)16-7-10-19-20(12-16)27-14-26-19/h5-10,12,18H,4,11,13-14H2,1-3H3,(H,22,24). The summed E-state index contributed by atoms with van der Waals surface area (Å²) >= 11 is 0. The zero-order valence-electron chi connectivity index (χ0n) is 16.0. The maximum atomic E-state index is 12.4. The van der Waals surface area contributed by atoms with Crippen LogP contribution in [0.4, 0.5) is 0 Å². The molecule has 6 nitrogen and oxygen atoms in total. The molecule has 0 radical (unpaired) electrons. The quantitative estimate of drug-likeness (QED) is 0.774. The molecular weight excluding hydrogens is 344 g/mol. The minimum absolute atomic E-state index is 0.00764. The van der Waals surface area contributed by atoms with Crippen molar-refractivity contribution in [1.29, 1.82) is 0 Å². The first-order valence-electron chi connectivity index (χ1n) is 9.11. The second-order valence-corrected chi connectivity index (χ2v) is 6.65. The molecule has 0 bridgehead atoms. The maximum Gasteiger partial charge on any atom is 0.231 e. The van der Waals surface area contributed by atoms with E-state index in [9.17, 15) is 4.79 Å². The van der Waals surface area contributed by atoms with E-state index in [-0.39, 0.29) is 18.7 Å². The molecule has 0 aromatic heterocycles. The van der Waals surface area contributed by atoms with Crippen molar-refractivity contribution in [2.75, 3.05) is 34.0 Å². The fraction of sp³-hybridized carbons (Fsp3) is 0.381. The van der Waals surface area contributed by atoms with Crippen molar-refractivity contribution in [1.82, 2.24) is 10.2 Å². The molecule has 2 aromatic rings. The van der Waals surface area contributed by atoms with Crippen LogP contribution in [0.5, 0.6) is 17.2 Å². The SMILES string of the molecule is CCOc1ccc(CC(=O)NCC(c2ccc3c(c2)OCO3)N(C)C)cc1. The number of hydrogen-bond donors (Lipinski definition) is 1. The molecular formula is C21H26N2O4. The van der Waals surface area contributed by atoms with Gasteiger partial charge in [0.2, 0.25) is 12.7 Å². The smallest absolute Gasteiger partial charge is 0.231 e. The number of amides is 1. The zero-order chi connectivity index (χ0) is 19.2. The highest BCUT2D eigenvalue weighted by molar-refractivity contribution is 5.78. The monoisotopic (exact) mass is 370 g/mol. The van der Waals surface area contributed by atoms with E-state index in [1.165, 1.54) is 0 Å². The van der Waals surface area contributed by atoms with Gasteiger partial charge in [0.25, 0.3) is 0 Å². The fourth-order valence-corrected chi connectivity index (χ4v) is 3.05. The summed E-state index contributed by atoms with van der Waals surface area (Å²) in [4.78, 5) is 14.4. The van der Waals surface area contributed by atoms with Gasteiger partial charge in [-0.3, -0.25) is 4.79 Å². The van der Waals surface area contributed by atoms with Gasteiger partial charge in [0, 0.05) is 6.54 Å². The van der Waals surface area contributed by atoms with Crippen molar-refractivity contribution < 1.29 is 19.0 Å². The lowest BCUT2D eigenvalue weighted by Gasteiger charge is -2.25. The van der Waals surface area contributed by atoms with Crippen molar-refractivity contribution in [2.24, 2.45) is 0 Å². The first-order chi connectivity index (χ1) is 13.1. The molecule has 1 amide bonds. The highest BCUT2D eigenvalue weighted by atomic mass is 16.7. The zero-order valence-corrected chi connectivity index (χ0v) is 16.0. The van der Waals surface area contributed by atoms with Crippen molar-refractivity contribution >= 4 is 5.91 Å². The number of rotatable bonds is 8. The molecule has 2 aromatic carbocycles. The number of nitrogens with zero attached hydrogens (tertiary/aromatic N) is 1. The minimum Gasteiger partial charge on any atom is -0.494 e. The Kier molecular flexibility index (Phi) is 6.19. The molecule has 0 saturated heterocycles. The van der Waals surface area contributed by atoms with Gasteiger partial charge >= 0.3 is 0 Å². The maximum absolute atomic E-state index is 12.4. The predicted molar refractivity (Wildman–Crippen MR) is 103 cm³/mol. The summed E-state index contributed by atoms with van der Waals surface area (Å²) in [5.41, 5.74) is 2.03. The first kappa shape index (κ1) is 19.0. The normalized spacial score (nSPS) is 13.5. The van der Waals surface area contributed by atoms with E-state index in [1.807, 2.05) is 63.5 Å². The van der Waals surface area contributed by atoms with Crippen molar-refractivity contribution in [3.63, 3.8) is 0 Å². The van der Waals surface area contributed by atoms with Crippen LogP contribution in [0.25, 0.3) is 0 Å². The number of fused-ring (bicyclic) bond motifs is 1. The molecule has 27 heavy (non-hydrogen) atoms. The van der Waals surface area contributed by atoms with Gasteiger partial charge in [-0.25, -0.2) is 0 Å². The van der Waals surface area contributed by atoms with E-state index >= 15 is 0 Å². The van der Waals surface area contributed by atoms with Gasteiger partial charge in [-0.05, 0) is 56.4 Å². The number of nitrogens with one attached hydrogen (secondary N) is 1. The summed E-state index contributed by atoms with van der Waals surface area (Å²) in [5.74, 6) is 2.32. The number of carbonyl (C=O) groups excluding carboxylic acids is 1. The predicted octanol–water partition coefficient (Wildman–Crippen LogP) is 2.78. The Morgan fingerprint density at radius 1 is 1.15 bits per heavy atom. The number of likely N-dealkylation sites (N-methyl/N-ethyl adjacent to an activating group) is 1. The average Bonchev–Trinajstić information content (AvgIpc) is 3.11. The van der Waals surface area contributed by atoms with Crippen LogP contribution in [0.2, 0.25) is 0 Å². The molecule has 1 N–H and O–H groups in total. The van der Waals surface area contributed by atoms with Crippen LogP contribution in [0, 0.1) is 0 Å². The third-order valence-corrected chi connectivity index (χ3v) is 4.50. The summed E-state index contributed by atoms with van der Waals surface area (Å²) in [7, 11) is 3.99. The molecule has 1 unspecified atom stereocenters. The summed E-state index contributed by atoms with van der Waals surface area (Å²) < 4.78 is 16.3. The second-order valence-electron chi connectivity index (χ2n) is 6.65. The van der Waals surface area contributed by atoms with Crippen LogP contribution in [0.15, 0.2) is 42.5 Å². The molecule has 6 heteroatoms. The number of ether oxygens (including phenoxy) is 3. The van der Waals surface area contributed by atoms with Crippen LogP contribution in [0.1, 0.15) is 24.1 Å². The summed E-state index contributed by atoms with van der Waals surface area (Å²) in [6, 6.07) is 13.6. The van der Waals surface area contributed by atoms with E-state index in [1.54, 1.807) is 0 Å². The van der Waals surface area contributed by atoms with Crippen molar-refractivity contribution in [3.05, 3.63) is 53.6 Å². The van der Waals surface area contributed by atoms with Crippen LogP contribution in [-0.4, -0.2) is 44.8 Å². The lowest BCUT2D eigenvalue weighted by Crippen LogP contribution is -2.35. The van der Waals surface area contributed by atoms with Gasteiger partial charge in [0.1, 0.15) is 5.75 Å². The van der Waals surface area contributed by atoms with E-state index in [0.717, 1.165) is 28.4 Å². The largest absolute Gasteiger partial charge is 0.494 e. The van der Waals surface area contributed by atoms with Gasteiger partial charge in [-0.15, -0.1) is 0 Å². The Balaban J connectivity index is 1.58.